The van der Waals surface area contributed by atoms with Crippen molar-refractivity contribution in [3.8, 4) is 0 Å². The van der Waals surface area contributed by atoms with Crippen molar-refractivity contribution in [2.24, 2.45) is 0 Å². The maximum Gasteiger partial charge on any atom is 0.264 e. The molecule has 0 bridgehead atoms. The summed E-state index contributed by atoms with van der Waals surface area (Å²) < 4.78 is 28.8. The Labute approximate surface area is 235 Å². The lowest BCUT2D eigenvalue weighted by Crippen LogP contribution is -2.52. The van der Waals surface area contributed by atoms with Crippen molar-refractivity contribution in [1.82, 2.24) is 10.2 Å². The highest BCUT2D eigenvalue weighted by Crippen LogP contribution is 2.31. The maximum atomic E-state index is 14.0. The third-order valence-electron chi connectivity index (χ3n) is 7.18. The number of sulfonamides is 1. The van der Waals surface area contributed by atoms with Crippen molar-refractivity contribution in [1.29, 1.82) is 0 Å². The van der Waals surface area contributed by atoms with Crippen LogP contribution in [-0.2, 0) is 26.2 Å². The van der Waals surface area contributed by atoms with Crippen LogP contribution in [0.4, 0.5) is 5.69 Å². The van der Waals surface area contributed by atoms with Crippen LogP contribution in [-0.4, -0.2) is 43.8 Å². The summed E-state index contributed by atoms with van der Waals surface area (Å²) in [6.45, 7) is 3.07. The van der Waals surface area contributed by atoms with Crippen LogP contribution in [0.2, 0.25) is 5.02 Å². The van der Waals surface area contributed by atoms with Gasteiger partial charge in [0.05, 0.1) is 10.6 Å². The number of carbonyl (C=O) groups excluding carboxylic acids is 2. The molecule has 0 radical (unpaired) electrons. The molecule has 0 saturated heterocycles. The van der Waals surface area contributed by atoms with Crippen LogP contribution in [0.3, 0.4) is 0 Å². The number of nitrogens with zero attached hydrogens (tertiary/aromatic N) is 2. The Bertz CT molecular complexity index is 1390. The molecular formula is C30H34ClN3O4S. The first-order chi connectivity index (χ1) is 18.7. The molecule has 0 heterocycles. The van der Waals surface area contributed by atoms with E-state index < -0.39 is 28.5 Å². The third kappa shape index (κ3) is 6.81. The Morgan fingerprint density at radius 1 is 0.949 bits per heavy atom. The summed E-state index contributed by atoms with van der Waals surface area (Å²) in [4.78, 5) is 28.8. The molecule has 1 aliphatic carbocycles. The average molecular weight is 568 g/mol. The average Bonchev–Trinajstić information content (AvgIpc) is 3.45. The monoisotopic (exact) mass is 567 g/mol. The zero-order valence-electron chi connectivity index (χ0n) is 22.2. The number of hydrogen-bond acceptors (Lipinski definition) is 4. The fourth-order valence-electron chi connectivity index (χ4n) is 4.85. The molecule has 9 heteroatoms. The molecule has 1 fully saturated rings. The van der Waals surface area contributed by atoms with E-state index in [1.165, 1.54) is 17.0 Å². The summed E-state index contributed by atoms with van der Waals surface area (Å²) in [5, 5.41) is 3.46. The van der Waals surface area contributed by atoms with Gasteiger partial charge in [0, 0.05) is 17.6 Å². The number of nitrogens with one attached hydrogen (secondary N) is 1. The minimum absolute atomic E-state index is 0.0545. The molecule has 3 aromatic rings. The van der Waals surface area contributed by atoms with Gasteiger partial charge >= 0.3 is 0 Å². The molecule has 0 aliphatic heterocycles. The predicted molar refractivity (Wildman–Crippen MR) is 154 cm³/mol. The Balaban J connectivity index is 1.70. The van der Waals surface area contributed by atoms with E-state index in [9.17, 15) is 18.0 Å². The number of anilines is 1. The second-order valence-corrected chi connectivity index (χ2v) is 12.2. The molecule has 1 aliphatic rings. The highest BCUT2D eigenvalue weighted by atomic mass is 35.5. The number of halogens is 1. The molecule has 4 rings (SSSR count). The van der Waals surface area contributed by atoms with E-state index in [0.717, 1.165) is 35.6 Å². The van der Waals surface area contributed by atoms with E-state index in [-0.39, 0.29) is 23.4 Å². The van der Waals surface area contributed by atoms with Crippen LogP contribution >= 0.6 is 11.6 Å². The standard InChI is InChI=1S/C30H34ClN3O4S/c1-22-27(31)18-11-19-28(22)34(39(37,38)26-16-7-4-8-17-26)21-29(35)33(20-24-12-5-3-6-13-24)23(2)30(36)32-25-14-9-10-15-25/h3-8,11-13,16-19,23,25H,9-10,14-15,20-21H2,1-2H3,(H,32,36)/t23-/m1/s1. The van der Waals surface area contributed by atoms with Gasteiger partial charge < -0.3 is 10.2 Å². The van der Waals surface area contributed by atoms with E-state index in [0.29, 0.717) is 16.3 Å². The van der Waals surface area contributed by atoms with E-state index in [2.05, 4.69) is 5.32 Å². The minimum Gasteiger partial charge on any atom is -0.352 e. The Hall–Kier alpha value is -3.36. The van der Waals surface area contributed by atoms with Crippen molar-refractivity contribution in [3.05, 3.63) is 95.0 Å². The van der Waals surface area contributed by atoms with Gasteiger partial charge in [-0.3, -0.25) is 13.9 Å². The molecule has 7 nitrogen and oxygen atoms in total. The summed E-state index contributed by atoms with van der Waals surface area (Å²) in [7, 11) is -4.13. The van der Waals surface area contributed by atoms with Gasteiger partial charge in [0.2, 0.25) is 11.8 Å². The van der Waals surface area contributed by atoms with Crippen LogP contribution in [0.25, 0.3) is 0 Å². The van der Waals surface area contributed by atoms with Crippen molar-refractivity contribution in [2.45, 2.75) is 63.1 Å². The molecule has 1 saturated carbocycles. The SMILES string of the molecule is Cc1c(Cl)cccc1N(CC(=O)N(Cc1ccccc1)[C@H](C)C(=O)NC1CCCC1)S(=O)(=O)c1ccccc1. The number of hydrogen-bond donors (Lipinski definition) is 1. The van der Waals surface area contributed by atoms with Gasteiger partial charge in [-0.25, -0.2) is 8.42 Å². The quantitative estimate of drug-likeness (QED) is 0.359. The van der Waals surface area contributed by atoms with Crippen LogP contribution in [0.1, 0.15) is 43.7 Å². The minimum atomic E-state index is -4.13. The van der Waals surface area contributed by atoms with Gasteiger partial charge in [-0.2, -0.15) is 0 Å². The van der Waals surface area contributed by atoms with Gasteiger partial charge in [0.25, 0.3) is 10.0 Å². The molecule has 39 heavy (non-hydrogen) atoms. The van der Waals surface area contributed by atoms with Crippen molar-refractivity contribution < 1.29 is 18.0 Å². The summed E-state index contributed by atoms with van der Waals surface area (Å²) in [6.07, 6.45) is 3.97. The van der Waals surface area contributed by atoms with Gasteiger partial charge in [-0.05, 0) is 62.1 Å². The predicted octanol–water partition coefficient (Wildman–Crippen LogP) is 5.32. The lowest BCUT2D eigenvalue weighted by Gasteiger charge is -2.33. The van der Waals surface area contributed by atoms with Crippen molar-refractivity contribution >= 4 is 39.1 Å². The number of rotatable bonds is 10. The fourth-order valence-corrected chi connectivity index (χ4v) is 6.52. The lowest BCUT2D eigenvalue weighted by molar-refractivity contribution is -0.139. The maximum absolute atomic E-state index is 14.0. The molecule has 3 aromatic carbocycles. The molecule has 1 atom stereocenters. The van der Waals surface area contributed by atoms with Crippen LogP contribution < -0.4 is 9.62 Å². The van der Waals surface area contributed by atoms with Crippen LogP contribution in [0, 0.1) is 6.92 Å². The molecule has 0 aromatic heterocycles. The molecule has 0 spiro atoms. The zero-order chi connectivity index (χ0) is 28.0. The van der Waals surface area contributed by atoms with Crippen molar-refractivity contribution in [2.75, 3.05) is 10.8 Å². The van der Waals surface area contributed by atoms with Gasteiger partial charge in [-0.15, -0.1) is 0 Å². The second-order valence-electron chi connectivity index (χ2n) is 9.88. The summed E-state index contributed by atoms with van der Waals surface area (Å²) in [6, 6.07) is 21.6. The highest BCUT2D eigenvalue weighted by Gasteiger charge is 2.34. The molecule has 206 valence electrons. The summed E-state index contributed by atoms with van der Waals surface area (Å²) >= 11 is 6.36. The number of carbonyl (C=O) groups is 2. The fraction of sp³-hybridized carbons (Fsp3) is 0.333. The topological polar surface area (TPSA) is 86.8 Å². The van der Waals surface area contributed by atoms with Gasteiger partial charge in [-0.1, -0.05) is 79.0 Å². The molecule has 1 N–H and O–H groups in total. The highest BCUT2D eigenvalue weighted by molar-refractivity contribution is 7.92. The Morgan fingerprint density at radius 3 is 2.21 bits per heavy atom. The van der Waals surface area contributed by atoms with Crippen molar-refractivity contribution in [3.63, 3.8) is 0 Å². The molecule has 0 unspecified atom stereocenters. The third-order valence-corrected chi connectivity index (χ3v) is 9.37. The van der Waals surface area contributed by atoms with Gasteiger partial charge in [0.1, 0.15) is 12.6 Å². The molecule has 2 amide bonds. The second kappa shape index (κ2) is 12.7. The zero-order valence-corrected chi connectivity index (χ0v) is 23.8. The Morgan fingerprint density at radius 2 is 1.56 bits per heavy atom. The van der Waals surface area contributed by atoms with Crippen LogP contribution in [0.15, 0.2) is 83.8 Å². The normalized spacial score (nSPS) is 14.5. The van der Waals surface area contributed by atoms with E-state index in [1.807, 2.05) is 30.3 Å². The van der Waals surface area contributed by atoms with E-state index >= 15 is 0 Å². The van der Waals surface area contributed by atoms with E-state index in [4.69, 9.17) is 11.6 Å². The first-order valence-corrected chi connectivity index (χ1v) is 15.0. The molecular weight excluding hydrogens is 534 g/mol. The Kier molecular flexibility index (Phi) is 9.30. The summed E-state index contributed by atoms with van der Waals surface area (Å²) in [5.74, 6) is -0.741. The van der Waals surface area contributed by atoms with Crippen LogP contribution in [0.5, 0.6) is 0 Å². The van der Waals surface area contributed by atoms with E-state index in [1.54, 1.807) is 50.2 Å². The number of amides is 2. The largest absolute Gasteiger partial charge is 0.352 e. The lowest BCUT2D eigenvalue weighted by atomic mass is 10.1. The smallest absolute Gasteiger partial charge is 0.264 e. The van der Waals surface area contributed by atoms with Gasteiger partial charge in [0.15, 0.2) is 0 Å². The summed E-state index contributed by atoms with van der Waals surface area (Å²) in [5.41, 5.74) is 1.68. The number of benzene rings is 3. The first kappa shape index (κ1) is 28.6. The first-order valence-electron chi connectivity index (χ1n) is 13.1.